The van der Waals surface area contributed by atoms with Crippen LogP contribution in [0.1, 0.15) is 48.3 Å². The molecule has 0 unspecified atom stereocenters. The number of thiophene rings is 1. The zero-order chi connectivity index (χ0) is 19.7. The Labute approximate surface area is 163 Å². The van der Waals surface area contributed by atoms with Crippen LogP contribution in [-0.4, -0.2) is 27.0 Å². The van der Waals surface area contributed by atoms with Crippen LogP contribution in [0, 0.1) is 5.92 Å². The molecule has 9 heteroatoms. The molecule has 0 saturated heterocycles. The minimum Gasteiger partial charge on any atom is -0.350 e. The second kappa shape index (κ2) is 7.54. The summed E-state index contributed by atoms with van der Waals surface area (Å²) in [5.41, 5.74) is -0.797. The van der Waals surface area contributed by atoms with Gasteiger partial charge in [-0.3, -0.25) is 4.79 Å². The zero-order valence-corrected chi connectivity index (χ0v) is 15.8. The van der Waals surface area contributed by atoms with Crippen LogP contribution in [-0.2, 0) is 6.18 Å². The van der Waals surface area contributed by atoms with Gasteiger partial charge in [-0.2, -0.15) is 18.3 Å². The molecule has 0 aliphatic heterocycles. The number of nitrogens with zero attached hydrogens (tertiary/aromatic N) is 3. The summed E-state index contributed by atoms with van der Waals surface area (Å²) in [6.07, 6.45) is 1.04. The van der Waals surface area contributed by atoms with Gasteiger partial charge in [-0.25, -0.2) is 9.50 Å². The largest absolute Gasteiger partial charge is 0.433 e. The number of rotatable bonds is 4. The van der Waals surface area contributed by atoms with E-state index in [0.717, 1.165) is 31.7 Å². The fourth-order valence-electron chi connectivity index (χ4n) is 3.56. The molecule has 0 atom stereocenters. The third kappa shape index (κ3) is 3.89. The van der Waals surface area contributed by atoms with Gasteiger partial charge in [0.05, 0.1) is 10.6 Å². The van der Waals surface area contributed by atoms with Crippen molar-refractivity contribution in [3.63, 3.8) is 0 Å². The molecule has 0 radical (unpaired) electrons. The van der Waals surface area contributed by atoms with E-state index in [-0.39, 0.29) is 17.0 Å². The van der Waals surface area contributed by atoms with Gasteiger partial charge < -0.3 is 5.32 Å². The van der Waals surface area contributed by atoms with Crippen LogP contribution < -0.4 is 5.32 Å². The second-order valence-electron chi connectivity index (χ2n) is 7.02. The van der Waals surface area contributed by atoms with Crippen molar-refractivity contribution in [1.29, 1.82) is 0 Å². The number of carbonyl (C=O) groups is 1. The van der Waals surface area contributed by atoms with Crippen LogP contribution in [0.3, 0.4) is 0 Å². The lowest BCUT2D eigenvalue weighted by Gasteiger charge is -2.21. The van der Waals surface area contributed by atoms with Gasteiger partial charge in [-0.1, -0.05) is 25.3 Å². The van der Waals surface area contributed by atoms with Crippen molar-refractivity contribution in [2.45, 2.75) is 38.3 Å². The highest BCUT2D eigenvalue weighted by Gasteiger charge is 2.35. The molecule has 1 fully saturated rings. The fraction of sp³-hybridized carbons (Fsp3) is 0.421. The standard InChI is InChI=1S/C19H19F3N4OS/c20-19(21,22)16-9-13(15-7-4-8-28-15)24-17-10-14(25-26(16)17)18(27)23-11-12-5-2-1-3-6-12/h4,7-10,12H,1-3,5-6,11H2,(H,23,27). The predicted octanol–water partition coefficient (Wildman–Crippen LogP) is 4.79. The van der Waals surface area contributed by atoms with Gasteiger partial charge in [0, 0.05) is 12.6 Å². The number of fused-ring (bicyclic) bond motifs is 1. The zero-order valence-electron chi connectivity index (χ0n) is 15.0. The molecule has 3 heterocycles. The summed E-state index contributed by atoms with van der Waals surface area (Å²) in [6, 6.07) is 5.73. The Balaban J connectivity index is 1.64. The average molecular weight is 408 g/mol. The molecule has 1 aliphatic rings. The van der Waals surface area contributed by atoms with Crippen molar-refractivity contribution in [3.05, 3.63) is 41.0 Å². The number of aromatic nitrogens is 3. The maximum atomic E-state index is 13.6. The van der Waals surface area contributed by atoms with Crippen LogP contribution in [0.15, 0.2) is 29.6 Å². The Morgan fingerprint density at radius 2 is 2.04 bits per heavy atom. The van der Waals surface area contributed by atoms with Crippen LogP contribution >= 0.6 is 11.3 Å². The molecule has 4 rings (SSSR count). The maximum Gasteiger partial charge on any atom is 0.433 e. The Morgan fingerprint density at radius 1 is 1.25 bits per heavy atom. The predicted molar refractivity (Wildman–Crippen MR) is 100 cm³/mol. The molecular formula is C19H19F3N4OS. The maximum absolute atomic E-state index is 13.6. The van der Waals surface area contributed by atoms with Crippen molar-refractivity contribution < 1.29 is 18.0 Å². The first-order valence-electron chi connectivity index (χ1n) is 9.22. The lowest BCUT2D eigenvalue weighted by Crippen LogP contribution is -2.30. The summed E-state index contributed by atoms with van der Waals surface area (Å²) in [5, 5.41) is 8.47. The lowest BCUT2D eigenvalue weighted by atomic mass is 9.89. The van der Waals surface area contributed by atoms with E-state index in [2.05, 4.69) is 15.4 Å². The molecule has 3 aromatic heterocycles. The number of halogens is 3. The molecule has 0 aromatic carbocycles. The molecule has 0 bridgehead atoms. The molecule has 3 aromatic rings. The van der Waals surface area contributed by atoms with Crippen LogP contribution in [0.5, 0.6) is 0 Å². The van der Waals surface area contributed by atoms with E-state index in [4.69, 9.17) is 0 Å². The number of hydrogen-bond donors (Lipinski definition) is 1. The van der Waals surface area contributed by atoms with E-state index in [1.165, 1.54) is 23.8 Å². The monoisotopic (exact) mass is 408 g/mol. The Hall–Kier alpha value is -2.42. The van der Waals surface area contributed by atoms with Crippen LogP contribution in [0.4, 0.5) is 13.2 Å². The minimum absolute atomic E-state index is 0.000964. The molecule has 148 valence electrons. The Kier molecular flexibility index (Phi) is 5.09. The highest BCUT2D eigenvalue weighted by molar-refractivity contribution is 7.13. The van der Waals surface area contributed by atoms with E-state index >= 15 is 0 Å². The number of nitrogens with one attached hydrogen (secondary N) is 1. The van der Waals surface area contributed by atoms with E-state index in [0.29, 0.717) is 21.9 Å². The molecule has 1 amide bonds. The van der Waals surface area contributed by atoms with Gasteiger partial charge in [-0.15, -0.1) is 11.3 Å². The number of amides is 1. The molecule has 1 saturated carbocycles. The van der Waals surface area contributed by atoms with Crippen molar-refractivity contribution in [2.24, 2.45) is 5.92 Å². The highest BCUT2D eigenvalue weighted by Crippen LogP contribution is 2.33. The van der Waals surface area contributed by atoms with Gasteiger partial charge in [0.15, 0.2) is 17.0 Å². The number of carbonyl (C=O) groups excluding carboxylic acids is 1. The number of alkyl halides is 3. The highest BCUT2D eigenvalue weighted by atomic mass is 32.1. The molecule has 0 spiro atoms. The summed E-state index contributed by atoms with van der Waals surface area (Å²) in [4.78, 5) is 17.3. The SMILES string of the molecule is O=C(NCC1CCCCC1)c1cc2nc(-c3cccs3)cc(C(F)(F)F)n2n1. The van der Waals surface area contributed by atoms with Crippen molar-refractivity contribution in [2.75, 3.05) is 6.54 Å². The third-order valence-corrected chi connectivity index (χ3v) is 5.89. The summed E-state index contributed by atoms with van der Waals surface area (Å²) >= 11 is 1.30. The Bertz CT molecular complexity index is 975. The third-order valence-electron chi connectivity index (χ3n) is 5.00. The molecule has 1 N–H and O–H groups in total. The van der Waals surface area contributed by atoms with E-state index < -0.39 is 17.8 Å². The molecule has 28 heavy (non-hydrogen) atoms. The first kappa shape index (κ1) is 18.9. The smallest absolute Gasteiger partial charge is 0.350 e. The summed E-state index contributed by atoms with van der Waals surface area (Å²) < 4.78 is 41.4. The first-order chi connectivity index (χ1) is 13.4. The second-order valence-corrected chi connectivity index (χ2v) is 7.96. The van der Waals surface area contributed by atoms with E-state index in [1.807, 2.05) is 0 Å². The molecule has 1 aliphatic carbocycles. The van der Waals surface area contributed by atoms with Crippen molar-refractivity contribution in [1.82, 2.24) is 19.9 Å². The summed E-state index contributed by atoms with van der Waals surface area (Å²) in [6.45, 7) is 0.521. The summed E-state index contributed by atoms with van der Waals surface area (Å²) in [5.74, 6) is -0.0501. The Morgan fingerprint density at radius 3 is 2.71 bits per heavy atom. The van der Waals surface area contributed by atoms with E-state index in [1.54, 1.807) is 17.5 Å². The van der Waals surface area contributed by atoms with Gasteiger partial charge in [0.2, 0.25) is 0 Å². The molecular weight excluding hydrogens is 389 g/mol. The van der Waals surface area contributed by atoms with Crippen molar-refractivity contribution in [3.8, 4) is 10.6 Å². The van der Waals surface area contributed by atoms with Gasteiger partial charge >= 0.3 is 6.18 Å². The quantitative estimate of drug-likeness (QED) is 0.676. The van der Waals surface area contributed by atoms with E-state index in [9.17, 15) is 18.0 Å². The fourth-order valence-corrected chi connectivity index (χ4v) is 4.24. The summed E-state index contributed by atoms with van der Waals surface area (Å²) in [7, 11) is 0. The first-order valence-corrected chi connectivity index (χ1v) is 10.1. The normalized spacial score (nSPS) is 15.8. The topological polar surface area (TPSA) is 59.3 Å². The number of hydrogen-bond acceptors (Lipinski definition) is 4. The molecule has 5 nitrogen and oxygen atoms in total. The minimum atomic E-state index is -4.62. The van der Waals surface area contributed by atoms with Crippen LogP contribution in [0.2, 0.25) is 0 Å². The van der Waals surface area contributed by atoms with Gasteiger partial charge in [0.25, 0.3) is 5.91 Å². The van der Waals surface area contributed by atoms with Crippen LogP contribution in [0.25, 0.3) is 16.2 Å². The van der Waals surface area contributed by atoms with Crippen molar-refractivity contribution >= 4 is 22.9 Å². The van der Waals surface area contributed by atoms with Gasteiger partial charge in [0.1, 0.15) is 0 Å². The lowest BCUT2D eigenvalue weighted by molar-refractivity contribution is -0.142. The van der Waals surface area contributed by atoms with Gasteiger partial charge in [-0.05, 0) is 36.3 Å². The average Bonchev–Trinajstić information content (AvgIpc) is 3.34.